The summed E-state index contributed by atoms with van der Waals surface area (Å²) in [6.45, 7) is 5.35. The van der Waals surface area contributed by atoms with Crippen LogP contribution in [-0.2, 0) is 54.3 Å². The van der Waals surface area contributed by atoms with Crippen LogP contribution in [0.4, 0.5) is 0 Å². The zero-order valence-corrected chi connectivity index (χ0v) is 22.6. The number of benzene rings is 1. The number of halogens is 1. The first-order chi connectivity index (χ1) is 18.0. The fourth-order valence-electron chi connectivity index (χ4n) is 3.77. The first-order valence-corrected chi connectivity index (χ1v) is 12.7. The van der Waals surface area contributed by atoms with Crippen LogP contribution >= 0.6 is 11.6 Å². The molecule has 1 amide bonds. The molecule has 1 fully saturated rings. The maximum atomic E-state index is 13.2. The highest BCUT2D eigenvalue weighted by atomic mass is 35.5. The van der Waals surface area contributed by atoms with Gasteiger partial charge < -0.3 is 33.8 Å². The van der Waals surface area contributed by atoms with Crippen molar-refractivity contribution >= 4 is 41.2 Å². The summed E-state index contributed by atoms with van der Waals surface area (Å²) in [6.07, 6.45) is -4.28. The number of ether oxygens (including phenoxy) is 5. The number of Topliss-reactive ketones (excluding diaryl/α,β-unsaturated/α-hetero) is 1. The van der Waals surface area contributed by atoms with E-state index in [0.717, 1.165) is 12.5 Å². The van der Waals surface area contributed by atoms with Crippen molar-refractivity contribution in [2.24, 2.45) is 0 Å². The van der Waals surface area contributed by atoms with E-state index in [0.29, 0.717) is 0 Å². The minimum Gasteiger partial charge on any atom is -0.466 e. The van der Waals surface area contributed by atoms with Gasteiger partial charge in [0.1, 0.15) is 11.9 Å². The van der Waals surface area contributed by atoms with Crippen LogP contribution in [0.3, 0.4) is 0 Å². The van der Waals surface area contributed by atoms with Gasteiger partial charge in [-0.15, -0.1) is 0 Å². The van der Waals surface area contributed by atoms with E-state index in [1.165, 1.54) is 13.8 Å². The van der Waals surface area contributed by atoms with Crippen molar-refractivity contribution in [2.45, 2.75) is 89.6 Å². The molecule has 1 N–H and O–H groups in total. The van der Waals surface area contributed by atoms with Crippen molar-refractivity contribution in [1.29, 1.82) is 0 Å². The fourth-order valence-corrected chi connectivity index (χ4v) is 4.13. The van der Waals surface area contributed by atoms with Gasteiger partial charge in [-0.3, -0.25) is 19.2 Å². The van der Waals surface area contributed by atoms with E-state index < -0.39 is 59.8 Å². The molecular weight excluding hydrogens is 522 g/mol. The van der Waals surface area contributed by atoms with Crippen LogP contribution in [-0.4, -0.2) is 72.2 Å². The molecule has 0 saturated carbocycles. The number of amides is 1. The molecule has 1 aliphatic rings. The van der Waals surface area contributed by atoms with Gasteiger partial charge >= 0.3 is 17.9 Å². The molecule has 0 aromatic heterocycles. The van der Waals surface area contributed by atoms with Gasteiger partial charge in [-0.2, -0.15) is 0 Å². The third-order valence-electron chi connectivity index (χ3n) is 5.62. The molecule has 210 valence electrons. The normalized spacial score (nSPS) is 23.6. The number of carbonyl (C=O) groups excluding carboxylic acids is 5. The number of alkyl halides is 1. The van der Waals surface area contributed by atoms with E-state index in [1.807, 2.05) is 30.3 Å². The minimum atomic E-state index is -1.26. The largest absolute Gasteiger partial charge is 0.466 e. The van der Waals surface area contributed by atoms with Crippen LogP contribution in [0.15, 0.2) is 30.3 Å². The minimum absolute atomic E-state index is 0.00211. The van der Waals surface area contributed by atoms with Crippen LogP contribution in [0.25, 0.3) is 0 Å². The molecule has 12 heteroatoms. The van der Waals surface area contributed by atoms with E-state index in [-0.39, 0.29) is 38.3 Å². The molecule has 1 aliphatic heterocycles. The highest BCUT2D eigenvalue weighted by Crippen LogP contribution is 2.29. The first-order valence-electron chi connectivity index (χ1n) is 12.2. The summed E-state index contributed by atoms with van der Waals surface area (Å²) in [5.74, 6) is -2.78. The van der Waals surface area contributed by atoms with Gasteiger partial charge in [-0.05, 0) is 19.4 Å². The zero-order chi connectivity index (χ0) is 28.2. The third kappa shape index (κ3) is 10.4. The number of ketones is 1. The molecule has 0 aliphatic carbocycles. The Bertz CT molecular complexity index is 972. The highest BCUT2D eigenvalue weighted by molar-refractivity contribution is 6.20. The Labute approximate surface area is 226 Å². The fraction of sp³-hybridized carbons (Fsp3) is 0.577. The summed E-state index contributed by atoms with van der Waals surface area (Å²) < 4.78 is 27.5. The summed E-state index contributed by atoms with van der Waals surface area (Å²) in [5.41, 5.74) is -0.280. The average Bonchev–Trinajstić information content (AvgIpc) is 2.84. The van der Waals surface area contributed by atoms with Crippen LogP contribution in [0.5, 0.6) is 0 Å². The lowest BCUT2D eigenvalue weighted by molar-refractivity contribution is -0.201. The van der Waals surface area contributed by atoms with Crippen molar-refractivity contribution in [3.63, 3.8) is 0 Å². The van der Waals surface area contributed by atoms with Gasteiger partial charge in [-0.1, -0.05) is 41.9 Å². The zero-order valence-electron chi connectivity index (χ0n) is 21.8. The molecule has 2 rings (SSSR count). The predicted octanol–water partition coefficient (Wildman–Crippen LogP) is 2.21. The molecule has 0 unspecified atom stereocenters. The van der Waals surface area contributed by atoms with Crippen LogP contribution < -0.4 is 5.32 Å². The molecule has 0 spiro atoms. The molecule has 1 saturated heterocycles. The molecule has 1 aromatic carbocycles. The van der Waals surface area contributed by atoms with E-state index in [4.69, 9.17) is 35.3 Å². The lowest BCUT2D eigenvalue weighted by atomic mass is 9.96. The van der Waals surface area contributed by atoms with Crippen molar-refractivity contribution < 1.29 is 47.7 Å². The molecule has 0 radical (unpaired) electrons. The van der Waals surface area contributed by atoms with E-state index in [9.17, 15) is 24.0 Å². The Kier molecular flexibility index (Phi) is 12.6. The van der Waals surface area contributed by atoms with Crippen LogP contribution in [0.2, 0.25) is 0 Å². The molecule has 1 heterocycles. The van der Waals surface area contributed by atoms with E-state index in [1.54, 1.807) is 6.92 Å². The summed E-state index contributed by atoms with van der Waals surface area (Å²) in [4.78, 5) is 59.6. The van der Waals surface area contributed by atoms with Crippen molar-refractivity contribution in [2.75, 3.05) is 6.61 Å². The first kappa shape index (κ1) is 31.2. The van der Waals surface area contributed by atoms with Gasteiger partial charge in [0.25, 0.3) is 5.91 Å². The Morgan fingerprint density at radius 1 is 1.00 bits per heavy atom. The monoisotopic (exact) mass is 555 g/mol. The van der Waals surface area contributed by atoms with E-state index in [2.05, 4.69) is 5.32 Å². The van der Waals surface area contributed by atoms with Crippen molar-refractivity contribution in [1.82, 2.24) is 5.32 Å². The summed E-state index contributed by atoms with van der Waals surface area (Å²) in [7, 11) is 0. The SMILES string of the molecule is CC(=O)CCC(=O)O[C@H]1[C@@H](OCc2ccccc2)[C@H](NC(=O)[C@@H](CCOC(C)=O)OC(C)=O)[C@@H](C)O[C@@H]1Cl. The average molecular weight is 556 g/mol. The highest BCUT2D eigenvalue weighted by Gasteiger charge is 2.48. The Balaban J connectivity index is 2.26. The number of rotatable bonds is 13. The number of esters is 3. The van der Waals surface area contributed by atoms with Crippen LogP contribution in [0, 0.1) is 0 Å². The van der Waals surface area contributed by atoms with E-state index >= 15 is 0 Å². The van der Waals surface area contributed by atoms with Crippen LogP contribution in [0.1, 0.15) is 52.5 Å². The molecule has 1 aromatic rings. The van der Waals surface area contributed by atoms with Gasteiger partial charge in [0.15, 0.2) is 17.8 Å². The molecular formula is C26H34ClNO10. The smallest absolute Gasteiger partial charge is 0.306 e. The summed E-state index contributed by atoms with van der Waals surface area (Å²) >= 11 is 6.42. The van der Waals surface area contributed by atoms with Gasteiger partial charge in [0, 0.05) is 26.7 Å². The third-order valence-corrected chi connectivity index (χ3v) is 5.97. The standard InChI is InChI=1S/C26H34ClNO10/c1-15(29)10-11-21(32)38-24-23(35-14-19-8-6-5-7-9-19)22(16(2)36-25(24)27)28-26(33)20(37-18(4)31)12-13-34-17(3)30/h5-9,16,20,22-25H,10-14H2,1-4H3,(H,28,33)/t16-,20-,22-,23+,24+,25+/m1/s1. The lowest BCUT2D eigenvalue weighted by Gasteiger charge is -2.43. The van der Waals surface area contributed by atoms with Gasteiger partial charge in [0.05, 0.1) is 31.8 Å². The number of hydrogen-bond donors (Lipinski definition) is 1. The maximum Gasteiger partial charge on any atom is 0.306 e. The second kappa shape index (κ2) is 15.4. The second-order valence-electron chi connectivity index (χ2n) is 8.87. The number of carbonyl (C=O) groups is 5. The predicted molar refractivity (Wildman–Crippen MR) is 134 cm³/mol. The Morgan fingerprint density at radius 3 is 2.29 bits per heavy atom. The number of hydrogen-bond acceptors (Lipinski definition) is 10. The summed E-state index contributed by atoms with van der Waals surface area (Å²) in [6, 6.07) is 8.32. The van der Waals surface area contributed by atoms with Crippen molar-refractivity contribution in [3.8, 4) is 0 Å². The molecule has 11 nitrogen and oxygen atoms in total. The Hall–Kier alpha value is -3.02. The summed E-state index contributed by atoms with van der Waals surface area (Å²) in [5, 5.41) is 2.76. The topological polar surface area (TPSA) is 144 Å². The number of nitrogens with one attached hydrogen (secondary N) is 1. The lowest BCUT2D eigenvalue weighted by Crippen LogP contribution is -2.64. The molecule has 0 bridgehead atoms. The van der Waals surface area contributed by atoms with Crippen molar-refractivity contribution in [3.05, 3.63) is 35.9 Å². The quantitative estimate of drug-likeness (QED) is 0.218. The van der Waals surface area contributed by atoms with Gasteiger partial charge in [0.2, 0.25) is 0 Å². The maximum absolute atomic E-state index is 13.2. The Morgan fingerprint density at radius 2 is 1.68 bits per heavy atom. The molecule has 38 heavy (non-hydrogen) atoms. The molecule has 6 atom stereocenters. The van der Waals surface area contributed by atoms with Gasteiger partial charge in [-0.25, -0.2) is 0 Å². The second-order valence-corrected chi connectivity index (χ2v) is 9.30.